The van der Waals surface area contributed by atoms with Crippen molar-refractivity contribution in [2.75, 3.05) is 7.11 Å². The number of allylic oxidation sites excluding steroid dienone is 3. The molecule has 25 heavy (non-hydrogen) atoms. The molecule has 134 valence electrons. The Bertz CT molecular complexity index is 826. The number of methoxy groups -OCH3 is 1. The van der Waals surface area contributed by atoms with E-state index in [1.165, 1.54) is 19.6 Å². The van der Waals surface area contributed by atoms with Crippen LogP contribution in [0.1, 0.15) is 37.0 Å². The zero-order chi connectivity index (χ0) is 18.8. The van der Waals surface area contributed by atoms with Gasteiger partial charge in [0.1, 0.15) is 17.6 Å². The number of hydrogen-bond donors (Lipinski definition) is 1. The number of hydrogen-bond acceptors (Lipinski definition) is 4. The summed E-state index contributed by atoms with van der Waals surface area (Å²) < 4.78 is 10.0. The van der Waals surface area contributed by atoms with Gasteiger partial charge >= 0.3 is 0 Å². The first-order valence-corrected chi connectivity index (χ1v) is 8.18. The number of aryl methyl sites for hydroxylation is 1. The molecule has 1 N–H and O–H groups in total. The number of aliphatic hydroxyl groups excluding tert-OH is 1. The van der Waals surface area contributed by atoms with Crippen molar-refractivity contribution in [2.45, 2.75) is 33.6 Å². The van der Waals surface area contributed by atoms with Crippen molar-refractivity contribution < 1.29 is 14.3 Å². The lowest BCUT2D eigenvalue weighted by molar-refractivity contribution is 0.291. The third-order valence-corrected chi connectivity index (χ3v) is 3.59. The molecule has 0 atom stereocenters. The van der Waals surface area contributed by atoms with Crippen molar-refractivity contribution in [3.05, 3.63) is 76.1 Å². The molecule has 4 nitrogen and oxygen atoms in total. The van der Waals surface area contributed by atoms with E-state index in [9.17, 15) is 4.79 Å². The van der Waals surface area contributed by atoms with Crippen LogP contribution in [-0.4, -0.2) is 12.2 Å². The molecule has 0 bridgehead atoms. The molecule has 0 aliphatic rings. The van der Waals surface area contributed by atoms with E-state index in [0.717, 1.165) is 11.1 Å². The molecular formula is C21H26O4. The van der Waals surface area contributed by atoms with Crippen molar-refractivity contribution in [3.8, 4) is 0 Å². The maximum Gasteiger partial charge on any atom is 0.196 e. The lowest BCUT2D eigenvalue weighted by Crippen LogP contribution is -2.09. The minimum atomic E-state index is 0.0351. The van der Waals surface area contributed by atoms with Crippen LogP contribution in [0.15, 0.2) is 58.4 Å². The lowest BCUT2D eigenvalue weighted by atomic mass is 10.0. The first kappa shape index (κ1) is 20.3. The van der Waals surface area contributed by atoms with E-state index in [2.05, 4.69) is 11.3 Å². The maximum atomic E-state index is 12.4. The van der Waals surface area contributed by atoms with E-state index in [1.54, 1.807) is 6.08 Å². The van der Waals surface area contributed by atoms with Crippen molar-refractivity contribution in [1.82, 2.24) is 0 Å². The Morgan fingerprint density at radius 1 is 1.40 bits per heavy atom. The molecule has 0 spiro atoms. The molecule has 0 fully saturated rings. The van der Waals surface area contributed by atoms with Crippen molar-refractivity contribution >= 4 is 17.0 Å². The largest absolute Gasteiger partial charge is 0.509 e. The monoisotopic (exact) mass is 342 g/mol. The van der Waals surface area contributed by atoms with Gasteiger partial charge in [-0.05, 0) is 37.5 Å². The van der Waals surface area contributed by atoms with Crippen LogP contribution in [0.25, 0.3) is 17.0 Å². The van der Waals surface area contributed by atoms with Gasteiger partial charge in [0, 0.05) is 12.0 Å². The van der Waals surface area contributed by atoms with E-state index in [4.69, 9.17) is 9.52 Å². The molecule has 0 aliphatic carbocycles. The standard InChI is InChI=1S/C16H16O2.C5H10O2/c1-4-6-12-10-18-14-9-8-11(3)13(7-5-2)15(14)16(12)17;1-3-5(6)4-7-2/h4-5,7-10H,1,6H2,2-3H3;4,6H,3H2,1-2H3/b7-5-;5-4+. The van der Waals surface area contributed by atoms with Gasteiger partial charge in [0.25, 0.3) is 0 Å². The Hall–Kier alpha value is -2.75. The van der Waals surface area contributed by atoms with E-state index in [1.807, 2.05) is 45.1 Å². The van der Waals surface area contributed by atoms with Gasteiger partial charge in [-0.2, -0.15) is 0 Å². The van der Waals surface area contributed by atoms with Gasteiger partial charge < -0.3 is 14.3 Å². The Labute approximate surface area is 148 Å². The highest BCUT2D eigenvalue weighted by Gasteiger charge is 2.10. The molecule has 0 radical (unpaired) electrons. The number of benzene rings is 1. The lowest BCUT2D eigenvalue weighted by Gasteiger charge is -2.06. The second kappa shape index (κ2) is 10.2. The van der Waals surface area contributed by atoms with Crippen molar-refractivity contribution in [3.63, 3.8) is 0 Å². The SMILES string of the molecule is C=CCc1coc2ccc(C)c(/C=C\C)c2c1=O.CC/C(O)=C\OC. The third-order valence-electron chi connectivity index (χ3n) is 3.59. The van der Waals surface area contributed by atoms with Crippen LogP contribution in [-0.2, 0) is 11.2 Å². The average Bonchev–Trinajstić information content (AvgIpc) is 2.60. The molecule has 1 aromatic heterocycles. The smallest absolute Gasteiger partial charge is 0.196 e. The van der Waals surface area contributed by atoms with Gasteiger partial charge in [-0.3, -0.25) is 4.79 Å². The average molecular weight is 342 g/mol. The van der Waals surface area contributed by atoms with Gasteiger partial charge in [0.15, 0.2) is 5.43 Å². The topological polar surface area (TPSA) is 59.7 Å². The second-order valence-corrected chi connectivity index (χ2v) is 5.45. The van der Waals surface area contributed by atoms with E-state index in [0.29, 0.717) is 29.4 Å². The highest BCUT2D eigenvalue weighted by atomic mass is 16.5. The predicted octanol–water partition coefficient (Wildman–Crippen LogP) is 5.31. The molecule has 1 heterocycles. The number of aliphatic hydroxyl groups is 1. The molecule has 4 heteroatoms. The van der Waals surface area contributed by atoms with Gasteiger partial charge in [-0.25, -0.2) is 0 Å². The molecule has 2 rings (SSSR count). The molecular weight excluding hydrogens is 316 g/mol. The van der Waals surface area contributed by atoms with Gasteiger partial charge in [0.2, 0.25) is 0 Å². The molecule has 0 saturated carbocycles. The van der Waals surface area contributed by atoms with E-state index < -0.39 is 0 Å². The first-order chi connectivity index (χ1) is 12.0. The fourth-order valence-corrected chi connectivity index (χ4v) is 2.28. The van der Waals surface area contributed by atoms with Crippen LogP contribution in [0.5, 0.6) is 0 Å². The van der Waals surface area contributed by atoms with Gasteiger partial charge in [-0.15, -0.1) is 6.58 Å². The van der Waals surface area contributed by atoms with E-state index in [-0.39, 0.29) is 11.2 Å². The number of ether oxygens (including phenoxy) is 1. The summed E-state index contributed by atoms with van der Waals surface area (Å²) in [6.45, 7) is 9.44. The van der Waals surface area contributed by atoms with Crippen LogP contribution in [0, 0.1) is 6.92 Å². The summed E-state index contributed by atoms with van der Waals surface area (Å²) in [5, 5.41) is 9.25. The van der Waals surface area contributed by atoms with Gasteiger partial charge in [0.05, 0.1) is 18.8 Å². The Balaban J connectivity index is 0.000000381. The summed E-state index contributed by atoms with van der Waals surface area (Å²) in [6, 6.07) is 3.81. The summed E-state index contributed by atoms with van der Waals surface area (Å²) in [7, 11) is 1.51. The molecule has 0 saturated heterocycles. The first-order valence-electron chi connectivity index (χ1n) is 8.18. The third kappa shape index (κ3) is 5.38. The molecule has 2 aromatic rings. The molecule has 0 amide bonds. The van der Waals surface area contributed by atoms with E-state index >= 15 is 0 Å². The molecule has 0 unspecified atom stereocenters. The highest BCUT2D eigenvalue weighted by molar-refractivity contribution is 5.88. The predicted molar refractivity (Wildman–Crippen MR) is 104 cm³/mol. The van der Waals surface area contributed by atoms with Crippen LogP contribution in [0.4, 0.5) is 0 Å². The van der Waals surface area contributed by atoms with Crippen LogP contribution in [0.3, 0.4) is 0 Å². The van der Waals surface area contributed by atoms with Gasteiger partial charge in [-0.1, -0.05) is 31.2 Å². The van der Waals surface area contributed by atoms with Crippen LogP contribution in [0.2, 0.25) is 0 Å². The van der Waals surface area contributed by atoms with Crippen molar-refractivity contribution in [1.29, 1.82) is 0 Å². The minimum absolute atomic E-state index is 0.0351. The Morgan fingerprint density at radius 2 is 2.12 bits per heavy atom. The summed E-state index contributed by atoms with van der Waals surface area (Å²) in [4.78, 5) is 12.4. The summed E-state index contributed by atoms with van der Waals surface area (Å²) in [5.74, 6) is 0.280. The minimum Gasteiger partial charge on any atom is -0.509 e. The molecule has 0 aliphatic heterocycles. The van der Waals surface area contributed by atoms with Crippen molar-refractivity contribution in [2.24, 2.45) is 0 Å². The fourth-order valence-electron chi connectivity index (χ4n) is 2.28. The second-order valence-electron chi connectivity index (χ2n) is 5.45. The maximum absolute atomic E-state index is 12.4. The van der Waals surface area contributed by atoms with Crippen LogP contribution >= 0.6 is 0 Å². The zero-order valence-corrected chi connectivity index (χ0v) is 15.3. The quantitative estimate of drug-likeness (QED) is 0.591. The number of fused-ring (bicyclic) bond motifs is 1. The van der Waals surface area contributed by atoms with Crippen LogP contribution < -0.4 is 5.43 Å². The fraction of sp³-hybridized carbons (Fsp3) is 0.286. The zero-order valence-electron chi connectivity index (χ0n) is 15.3. The Morgan fingerprint density at radius 3 is 2.64 bits per heavy atom. The Kier molecular flexibility index (Phi) is 8.27. The number of rotatable bonds is 5. The molecule has 1 aromatic carbocycles. The summed E-state index contributed by atoms with van der Waals surface area (Å²) >= 11 is 0. The normalized spacial score (nSPS) is 11.3. The highest BCUT2D eigenvalue weighted by Crippen LogP contribution is 2.21. The summed E-state index contributed by atoms with van der Waals surface area (Å²) in [5.41, 5.74) is 3.33. The summed E-state index contributed by atoms with van der Waals surface area (Å²) in [6.07, 6.45) is 9.60.